The molecule has 0 aliphatic rings. The number of primary amides is 1. The molecular formula is C30H62N8O4. The first kappa shape index (κ1) is 39.7. The van der Waals surface area contributed by atoms with Crippen LogP contribution in [0.25, 0.3) is 0 Å². The van der Waals surface area contributed by atoms with E-state index < -0.39 is 41.9 Å². The largest absolute Gasteiger partial charge is 0.368 e. The van der Waals surface area contributed by atoms with Crippen molar-refractivity contribution in [3.8, 4) is 0 Å². The second-order valence-electron chi connectivity index (χ2n) is 12.8. The molecule has 0 aliphatic heterocycles. The van der Waals surface area contributed by atoms with Crippen LogP contribution in [0.3, 0.4) is 0 Å². The van der Waals surface area contributed by atoms with Crippen LogP contribution in [0.5, 0.6) is 0 Å². The maximum absolute atomic E-state index is 13.5. The summed E-state index contributed by atoms with van der Waals surface area (Å²) in [7, 11) is 0. The fourth-order valence-corrected chi connectivity index (χ4v) is 4.80. The van der Waals surface area contributed by atoms with E-state index in [-0.39, 0.29) is 23.8 Å². The van der Waals surface area contributed by atoms with Crippen LogP contribution in [0.15, 0.2) is 0 Å². The SMILES string of the molecule is CC(C)C[C@H](N)CN[C@@H](CCCCN)C(=O)N[C@@H](CC(C)C)C(=O)N[C@@H](CC(C)C)C(=O)N[C@@H](CCCCN)C(N)=O. The second kappa shape index (κ2) is 22.3. The van der Waals surface area contributed by atoms with E-state index in [1.165, 1.54) is 0 Å². The van der Waals surface area contributed by atoms with Gasteiger partial charge in [0.2, 0.25) is 23.6 Å². The number of nitrogens with one attached hydrogen (secondary N) is 4. The lowest BCUT2D eigenvalue weighted by Crippen LogP contribution is -2.58. The highest BCUT2D eigenvalue weighted by molar-refractivity contribution is 5.94. The molecule has 12 N–H and O–H groups in total. The van der Waals surface area contributed by atoms with Gasteiger partial charge in [-0.05, 0) is 82.2 Å². The van der Waals surface area contributed by atoms with E-state index in [1.807, 2.05) is 27.7 Å². The van der Waals surface area contributed by atoms with Gasteiger partial charge < -0.3 is 44.2 Å². The zero-order chi connectivity index (χ0) is 32.2. The lowest BCUT2D eigenvalue weighted by atomic mass is 9.99. The molecule has 5 atom stereocenters. The Morgan fingerprint density at radius 1 is 0.571 bits per heavy atom. The number of unbranched alkanes of at least 4 members (excludes halogenated alkanes) is 2. The predicted molar refractivity (Wildman–Crippen MR) is 169 cm³/mol. The minimum atomic E-state index is -0.895. The quantitative estimate of drug-likeness (QED) is 0.0734. The number of carbonyl (C=O) groups is 4. The monoisotopic (exact) mass is 598 g/mol. The molecular weight excluding hydrogens is 536 g/mol. The van der Waals surface area contributed by atoms with Crippen molar-refractivity contribution in [3.63, 3.8) is 0 Å². The molecule has 0 saturated carbocycles. The topological polar surface area (TPSA) is 220 Å². The maximum Gasteiger partial charge on any atom is 0.243 e. The van der Waals surface area contributed by atoms with Gasteiger partial charge in [-0.3, -0.25) is 19.2 Å². The number of hydrogen-bond donors (Lipinski definition) is 8. The highest BCUT2D eigenvalue weighted by Gasteiger charge is 2.31. The first-order valence-electron chi connectivity index (χ1n) is 15.8. The van der Waals surface area contributed by atoms with E-state index >= 15 is 0 Å². The Kier molecular flexibility index (Phi) is 21.1. The second-order valence-corrected chi connectivity index (χ2v) is 12.8. The van der Waals surface area contributed by atoms with Gasteiger partial charge in [-0.15, -0.1) is 0 Å². The van der Waals surface area contributed by atoms with Crippen LogP contribution < -0.4 is 44.2 Å². The lowest BCUT2D eigenvalue weighted by Gasteiger charge is -2.28. The zero-order valence-electron chi connectivity index (χ0n) is 27.0. The summed E-state index contributed by atoms with van der Waals surface area (Å²) in [6, 6.07) is -3.23. The normalized spacial score (nSPS) is 15.2. The summed E-state index contributed by atoms with van der Waals surface area (Å²) < 4.78 is 0. The molecule has 0 aromatic heterocycles. The van der Waals surface area contributed by atoms with Crippen molar-refractivity contribution in [2.75, 3.05) is 19.6 Å². The molecule has 12 heteroatoms. The third-order valence-corrected chi connectivity index (χ3v) is 6.95. The van der Waals surface area contributed by atoms with Crippen molar-refractivity contribution >= 4 is 23.6 Å². The van der Waals surface area contributed by atoms with Crippen LogP contribution in [-0.4, -0.2) is 73.5 Å². The van der Waals surface area contributed by atoms with Crippen LogP contribution in [-0.2, 0) is 19.2 Å². The molecule has 246 valence electrons. The van der Waals surface area contributed by atoms with Gasteiger partial charge in [0.05, 0.1) is 6.04 Å². The Balaban J connectivity index is 5.70. The van der Waals surface area contributed by atoms with Gasteiger partial charge in [-0.2, -0.15) is 0 Å². The van der Waals surface area contributed by atoms with Crippen LogP contribution in [0.1, 0.15) is 99.3 Å². The van der Waals surface area contributed by atoms with Crippen LogP contribution >= 0.6 is 0 Å². The molecule has 0 aromatic carbocycles. The number of rotatable bonds is 24. The Hall–Kier alpha value is -2.28. The maximum atomic E-state index is 13.5. The highest BCUT2D eigenvalue weighted by Crippen LogP contribution is 2.11. The molecule has 0 bridgehead atoms. The van der Waals surface area contributed by atoms with Gasteiger partial charge in [-0.25, -0.2) is 0 Å². The van der Waals surface area contributed by atoms with Crippen LogP contribution in [0.4, 0.5) is 0 Å². The Morgan fingerprint density at radius 2 is 0.952 bits per heavy atom. The van der Waals surface area contributed by atoms with Crippen LogP contribution in [0, 0.1) is 17.8 Å². The molecule has 0 aromatic rings. The average Bonchev–Trinajstić information content (AvgIpc) is 2.88. The number of carbonyl (C=O) groups excluding carboxylic acids is 4. The molecule has 4 amide bonds. The Labute approximate surface area is 254 Å². The summed E-state index contributed by atoms with van der Waals surface area (Å²) >= 11 is 0. The summed E-state index contributed by atoms with van der Waals surface area (Å²) in [5.74, 6) is -1.24. The first-order valence-corrected chi connectivity index (χ1v) is 15.8. The smallest absolute Gasteiger partial charge is 0.243 e. The Bertz CT molecular complexity index is 793. The van der Waals surface area contributed by atoms with Crippen molar-refractivity contribution in [3.05, 3.63) is 0 Å². The highest BCUT2D eigenvalue weighted by atomic mass is 16.2. The molecule has 0 heterocycles. The summed E-state index contributed by atoms with van der Waals surface area (Å²) in [6.45, 7) is 13.5. The first-order chi connectivity index (χ1) is 19.7. The number of nitrogens with two attached hydrogens (primary N) is 4. The van der Waals surface area contributed by atoms with E-state index in [2.05, 4.69) is 35.1 Å². The fraction of sp³-hybridized carbons (Fsp3) is 0.867. The summed E-state index contributed by atoms with van der Waals surface area (Å²) in [4.78, 5) is 52.2. The third-order valence-electron chi connectivity index (χ3n) is 6.95. The summed E-state index contributed by atoms with van der Waals surface area (Å²) in [5, 5.41) is 11.8. The van der Waals surface area contributed by atoms with Crippen molar-refractivity contribution in [2.45, 2.75) is 130 Å². The van der Waals surface area contributed by atoms with Gasteiger partial charge in [-0.1, -0.05) is 48.0 Å². The average molecular weight is 599 g/mol. The van der Waals surface area contributed by atoms with Gasteiger partial charge in [0.25, 0.3) is 0 Å². The van der Waals surface area contributed by atoms with E-state index in [4.69, 9.17) is 22.9 Å². The van der Waals surface area contributed by atoms with Crippen molar-refractivity contribution in [1.82, 2.24) is 21.3 Å². The number of hydrogen-bond acceptors (Lipinski definition) is 8. The molecule has 0 radical (unpaired) electrons. The van der Waals surface area contributed by atoms with Gasteiger partial charge in [0, 0.05) is 12.6 Å². The molecule has 42 heavy (non-hydrogen) atoms. The minimum absolute atomic E-state index is 0.0784. The van der Waals surface area contributed by atoms with E-state index in [0.29, 0.717) is 64.1 Å². The molecule has 0 spiro atoms. The van der Waals surface area contributed by atoms with E-state index in [0.717, 1.165) is 19.3 Å². The lowest BCUT2D eigenvalue weighted by molar-refractivity contribution is -0.134. The van der Waals surface area contributed by atoms with E-state index in [1.54, 1.807) is 0 Å². The van der Waals surface area contributed by atoms with Crippen molar-refractivity contribution in [1.29, 1.82) is 0 Å². The molecule has 0 unspecified atom stereocenters. The minimum Gasteiger partial charge on any atom is -0.368 e. The van der Waals surface area contributed by atoms with Crippen LogP contribution in [0.2, 0.25) is 0 Å². The zero-order valence-corrected chi connectivity index (χ0v) is 27.0. The predicted octanol–water partition coefficient (Wildman–Crippen LogP) is 0.608. The summed E-state index contributed by atoms with van der Waals surface area (Å²) in [5.41, 5.74) is 23.0. The van der Waals surface area contributed by atoms with Gasteiger partial charge in [0.15, 0.2) is 0 Å². The van der Waals surface area contributed by atoms with E-state index in [9.17, 15) is 19.2 Å². The summed E-state index contributed by atoms with van der Waals surface area (Å²) in [6.07, 6.45) is 5.37. The molecule has 0 aliphatic carbocycles. The van der Waals surface area contributed by atoms with Gasteiger partial charge in [0.1, 0.15) is 18.1 Å². The van der Waals surface area contributed by atoms with Crippen molar-refractivity contribution < 1.29 is 19.2 Å². The molecule has 0 saturated heterocycles. The molecule has 12 nitrogen and oxygen atoms in total. The van der Waals surface area contributed by atoms with Gasteiger partial charge >= 0.3 is 0 Å². The molecule has 0 fully saturated rings. The Morgan fingerprint density at radius 3 is 1.33 bits per heavy atom. The fourth-order valence-electron chi connectivity index (χ4n) is 4.80. The third kappa shape index (κ3) is 18.3. The molecule has 0 rings (SSSR count). The number of amides is 4. The standard InChI is InChI=1S/C30H62N8O4/c1-19(2)15-22(33)18-35-24(12-8-10-14-32)28(40)37-26(17-21(5)6)30(42)38-25(16-20(3)4)29(41)36-23(27(34)39)11-7-9-13-31/h19-26,35H,7-18,31-33H2,1-6H3,(H2,34,39)(H,36,41)(H,37,40)(H,38,42)/t22-,23-,24-,25-,26-/m0/s1. The van der Waals surface area contributed by atoms with Crippen molar-refractivity contribution in [2.24, 2.45) is 40.7 Å².